The van der Waals surface area contributed by atoms with Crippen molar-refractivity contribution in [3.63, 3.8) is 0 Å². The summed E-state index contributed by atoms with van der Waals surface area (Å²) in [6.07, 6.45) is 1.53. The van der Waals surface area contributed by atoms with Crippen LogP contribution in [0.3, 0.4) is 0 Å². The number of nitrogens with one attached hydrogen (secondary N) is 1. The molecule has 0 saturated carbocycles. The molecule has 3 amide bonds. The predicted molar refractivity (Wildman–Crippen MR) is 91.9 cm³/mol. The number of carbonyl (C=O) groups is 2. The maximum atomic E-state index is 12.5. The van der Waals surface area contributed by atoms with Crippen molar-refractivity contribution in [2.24, 2.45) is 0 Å². The van der Waals surface area contributed by atoms with Gasteiger partial charge in [-0.15, -0.1) is 0 Å². The molecule has 7 heteroatoms. The number of hydrogen-bond donors (Lipinski definition) is 1. The van der Waals surface area contributed by atoms with Gasteiger partial charge in [0.2, 0.25) is 0 Å². The van der Waals surface area contributed by atoms with Crippen LogP contribution < -0.4 is 10.2 Å². The van der Waals surface area contributed by atoms with Crippen molar-refractivity contribution in [1.82, 2.24) is 5.32 Å². The molecule has 1 aliphatic rings. The van der Waals surface area contributed by atoms with Gasteiger partial charge in [0.15, 0.2) is 0 Å². The summed E-state index contributed by atoms with van der Waals surface area (Å²) in [5.41, 5.74) is 1.20. The molecule has 0 aliphatic carbocycles. The number of urea groups is 1. The molecule has 1 N–H and O–H groups in total. The van der Waals surface area contributed by atoms with Crippen LogP contribution in [0.2, 0.25) is 15.1 Å². The monoisotopic (exact) mass is 366 g/mol. The van der Waals surface area contributed by atoms with Crippen LogP contribution in [0.1, 0.15) is 5.56 Å². The normalized spacial score (nSPS) is 16.1. The van der Waals surface area contributed by atoms with E-state index in [4.69, 9.17) is 34.8 Å². The van der Waals surface area contributed by atoms with Crippen molar-refractivity contribution in [2.45, 2.75) is 0 Å². The summed E-state index contributed by atoms with van der Waals surface area (Å²) in [7, 11) is 0. The van der Waals surface area contributed by atoms with Crippen LogP contribution in [0.25, 0.3) is 6.08 Å². The largest absolute Gasteiger partial charge is 0.333 e. The van der Waals surface area contributed by atoms with Gasteiger partial charge in [-0.3, -0.25) is 4.79 Å². The number of benzene rings is 2. The van der Waals surface area contributed by atoms with Crippen molar-refractivity contribution in [3.8, 4) is 0 Å². The average molecular weight is 368 g/mol. The summed E-state index contributed by atoms with van der Waals surface area (Å²) in [5.74, 6) is -0.469. The van der Waals surface area contributed by atoms with E-state index < -0.39 is 11.9 Å². The van der Waals surface area contributed by atoms with Crippen molar-refractivity contribution in [3.05, 3.63) is 68.8 Å². The lowest BCUT2D eigenvalue weighted by Gasteiger charge is -2.11. The molecule has 0 unspecified atom stereocenters. The molecule has 0 bridgehead atoms. The number of halogens is 3. The summed E-state index contributed by atoms with van der Waals surface area (Å²) >= 11 is 17.7. The molecule has 1 heterocycles. The van der Waals surface area contributed by atoms with E-state index >= 15 is 0 Å². The van der Waals surface area contributed by atoms with Gasteiger partial charge < -0.3 is 5.32 Å². The van der Waals surface area contributed by atoms with Gasteiger partial charge in [-0.2, -0.15) is 0 Å². The highest BCUT2D eigenvalue weighted by molar-refractivity contribution is 6.42. The zero-order valence-electron chi connectivity index (χ0n) is 11.5. The zero-order chi connectivity index (χ0) is 16.6. The fourth-order valence-electron chi connectivity index (χ4n) is 2.15. The Morgan fingerprint density at radius 2 is 1.74 bits per heavy atom. The molecular weight excluding hydrogens is 359 g/mol. The molecule has 2 aromatic rings. The molecule has 1 fully saturated rings. The summed E-state index contributed by atoms with van der Waals surface area (Å²) < 4.78 is 0. The van der Waals surface area contributed by atoms with E-state index in [1.165, 1.54) is 6.08 Å². The summed E-state index contributed by atoms with van der Waals surface area (Å²) in [4.78, 5) is 25.6. The molecule has 0 spiro atoms. The quantitative estimate of drug-likeness (QED) is 0.615. The topological polar surface area (TPSA) is 49.4 Å². The molecule has 0 aromatic heterocycles. The molecule has 0 atom stereocenters. The number of nitrogens with zero attached hydrogens (tertiary/aromatic N) is 1. The molecule has 23 heavy (non-hydrogen) atoms. The Kier molecular flexibility index (Phi) is 4.31. The van der Waals surface area contributed by atoms with Crippen LogP contribution in [0.5, 0.6) is 0 Å². The molecule has 116 valence electrons. The van der Waals surface area contributed by atoms with Gasteiger partial charge in [0.1, 0.15) is 5.70 Å². The van der Waals surface area contributed by atoms with E-state index in [2.05, 4.69) is 5.32 Å². The summed E-state index contributed by atoms with van der Waals surface area (Å²) in [5, 5.41) is 3.75. The van der Waals surface area contributed by atoms with E-state index in [9.17, 15) is 9.59 Å². The van der Waals surface area contributed by atoms with E-state index in [1.54, 1.807) is 42.5 Å². The van der Waals surface area contributed by atoms with E-state index in [0.29, 0.717) is 26.3 Å². The maximum absolute atomic E-state index is 12.5. The SMILES string of the molecule is O=C1N/C(=C/c2ccc(Cl)c(Cl)c2)C(=O)N1c1cccc(Cl)c1. The Morgan fingerprint density at radius 3 is 2.43 bits per heavy atom. The maximum Gasteiger partial charge on any atom is 0.333 e. The predicted octanol–water partition coefficient (Wildman–Crippen LogP) is 4.74. The first kappa shape index (κ1) is 15.9. The molecule has 2 aromatic carbocycles. The Hall–Kier alpha value is -2.01. The van der Waals surface area contributed by atoms with E-state index in [-0.39, 0.29) is 5.70 Å². The van der Waals surface area contributed by atoms with Crippen LogP contribution in [0.4, 0.5) is 10.5 Å². The highest BCUT2D eigenvalue weighted by atomic mass is 35.5. The second-order valence-electron chi connectivity index (χ2n) is 4.78. The fraction of sp³-hybridized carbons (Fsp3) is 0. The van der Waals surface area contributed by atoms with Gasteiger partial charge >= 0.3 is 6.03 Å². The third-order valence-electron chi connectivity index (χ3n) is 3.20. The van der Waals surface area contributed by atoms with E-state index in [0.717, 1.165) is 4.90 Å². The number of amides is 3. The van der Waals surface area contributed by atoms with Gasteiger partial charge in [0.25, 0.3) is 5.91 Å². The first-order valence-corrected chi connectivity index (χ1v) is 7.67. The van der Waals surface area contributed by atoms with E-state index in [1.807, 2.05) is 0 Å². The highest BCUT2D eigenvalue weighted by Crippen LogP contribution is 2.27. The van der Waals surface area contributed by atoms with Crippen molar-refractivity contribution in [2.75, 3.05) is 4.90 Å². The number of anilines is 1. The minimum absolute atomic E-state index is 0.147. The molecule has 3 rings (SSSR count). The number of imide groups is 1. The Bertz CT molecular complexity index is 849. The third-order valence-corrected chi connectivity index (χ3v) is 4.17. The summed E-state index contributed by atoms with van der Waals surface area (Å²) in [6, 6.07) is 10.9. The Morgan fingerprint density at radius 1 is 0.957 bits per heavy atom. The molecular formula is C16H9Cl3N2O2. The average Bonchev–Trinajstić information content (AvgIpc) is 2.77. The van der Waals surface area contributed by atoms with Crippen LogP contribution >= 0.6 is 34.8 Å². The minimum atomic E-state index is -0.538. The molecule has 1 aliphatic heterocycles. The van der Waals surface area contributed by atoms with Crippen molar-refractivity contribution >= 4 is 58.5 Å². The Labute approximate surface area is 147 Å². The molecule has 1 saturated heterocycles. The summed E-state index contributed by atoms with van der Waals surface area (Å²) in [6.45, 7) is 0. The number of rotatable bonds is 2. The lowest BCUT2D eigenvalue weighted by molar-refractivity contribution is -0.113. The smallest absolute Gasteiger partial charge is 0.302 e. The standard InChI is InChI=1S/C16H9Cl3N2O2/c17-10-2-1-3-11(8-10)21-15(22)14(20-16(21)23)7-9-4-5-12(18)13(19)6-9/h1-8H,(H,20,23)/b14-7+. The first-order valence-electron chi connectivity index (χ1n) is 6.53. The van der Waals surface area contributed by atoms with Crippen molar-refractivity contribution < 1.29 is 9.59 Å². The van der Waals surface area contributed by atoms with Crippen LogP contribution in [0, 0.1) is 0 Å². The second-order valence-corrected chi connectivity index (χ2v) is 6.03. The minimum Gasteiger partial charge on any atom is -0.302 e. The first-order chi connectivity index (χ1) is 11.0. The van der Waals surface area contributed by atoms with Gasteiger partial charge in [-0.1, -0.05) is 46.9 Å². The van der Waals surface area contributed by atoms with Gasteiger partial charge in [0.05, 0.1) is 15.7 Å². The number of hydrogen-bond acceptors (Lipinski definition) is 2. The zero-order valence-corrected chi connectivity index (χ0v) is 13.8. The fourth-order valence-corrected chi connectivity index (χ4v) is 2.64. The van der Waals surface area contributed by atoms with Crippen LogP contribution in [-0.2, 0) is 4.79 Å². The molecule has 0 radical (unpaired) electrons. The van der Waals surface area contributed by atoms with Crippen LogP contribution in [-0.4, -0.2) is 11.9 Å². The lowest BCUT2D eigenvalue weighted by Crippen LogP contribution is -2.30. The Balaban J connectivity index is 1.94. The molecule has 4 nitrogen and oxygen atoms in total. The second kappa shape index (κ2) is 6.24. The van der Waals surface area contributed by atoms with Gasteiger partial charge in [-0.25, -0.2) is 9.69 Å². The van der Waals surface area contributed by atoms with Gasteiger partial charge in [0, 0.05) is 5.02 Å². The lowest BCUT2D eigenvalue weighted by atomic mass is 10.2. The van der Waals surface area contributed by atoms with Gasteiger partial charge in [-0.05, 0) is 42.0 Å². The third kappa shape index (κ3) is 3.20. The van der Waals surface area contributed by atoms with Crippen LogP contribution in [0.15, 0.2) is 48.2 Å². The van der Waals surface area contributed by atoms with Crippen molar-refractivity contribution in [1.29, 1.82) is 0 Å². The highest BCUT2D eigenvalue weighted by Gasteiger charge is 2.34. The number of carbonyl (C=O) groups excluding carboxylic acids is 2.